The van der Waals surface area contributed by atoms with E-state index in [2.05, 4.69) is 10.2 Å². The summed E-state index contributed by atoms with van der Waals surface area (Å²) in [5.41, 5.74) is 0. The third-order valence-corrected chi connectivity index (χ3v) is 2.25. The lowest BCUT2D eigenvalue weighted by atomic mass is 10.3. The summed E-state index contributed by atoms with van der Waals surface area (Å²) >= 11 is 4.84. The molecule has 0 aliphatic carbocycles. The molecule has 0 spiro atoms. The second-order valence-corrected chi connectivity index (χ2v) is 3.44. The Labute approximate surface area is 95.6 Å². The first-order chi connectivity index (χ1) is 7.66. The van der Waals surface area contributed by atoms with Crippen LogP contribution in [0.4, 0.5) is 4.39 Å². The minimum Gasteiger partial charge on any atom is -0.486 e. The predicted octanol–water partition coefficient (Wildman–Crippen LogP) is 1.37. The van der Waals surface area contributed by atoms with Crippen LogP contribution in [0.3, 0.4) is 0 Å². The molecule has 7 heteroatoms. The molecule has 1 aromatic heterocycles. The van der Waals surface area contributed by atoms with E-state index in [4.69, 9.17) is 22.8 Å². The van der Waals surface area contributed by atoms with Crippen LogP contribution < -0.4 is 10.6 Å². The standard InChI is InChI=1S/C9H9FN4OS/c10-6-1-3-7(4-2-6)15-5-8-12-13-9(16)14(8)11/h1-4H,5,11H2,(H,13,16). The molecule has 0 aliphatic rings. The highest BCUT2D eigenvalue weighted by Crippen LogP contribution is 2.12. The summed E-state index contributed by atoms with van der Waals surface area (Å²) in [5.74, 6) is 6.26. The Morgan fingerprint density at radius 3 is 2.69 bits per heavy atom. The zero-order valence-electron chi connectivity index (χ0n) is 8.18. The van der Waals surface area contributed by atoms with Crippen LogP contribution in [0.5, 0.6) is 5.75 Å². The maximum Gasteiger partial charge on any atom is 0.214 e. The van der Waals surface area contributed by atoms with Gasteiger partial charge in [0.15, 0.2) is 5.82 Å². The fourth-order valence-electron chi connectivity index (χ4n) is 1.12. The Morgan fingerprint density at radius 2 is 2.12 bits per heavy atom. The molecule has 0 atom stereocenters. The van der Waals surface area contributed by atoms with Gasteiger partial charge in [-0.3, -0.25) is 5.10 Å². The van der Waals surface area contributed by atoms with Crippen molar-refractivity contribution in [3.8, 4) is 5.75 Å². The van der Waals surface area contributed by atoms with Gasteiger partial charge >= 0.3 is 0 Å². The van der Waals surface area contributed by atoms with E-state index in [0.29, 0.717) is 16.3 Å². The van der Waals surface area contributed by atoms with Gasteiger partial charge in [0.2, 0.25) is 4.77 Å². The molecule has 2 aromatic rings. The number of hydrogen-bond donors (Lipinski definition) is 2. The molecule has 1 aromatic carbocycles. The van der Waals surface area contributed by atoms with Gasteiger partial charge in [0.1, 0.15) is 18.2 Å². The third kappa shape index (κ3) is 2.19. The molecule has 0 radical (unpaired) electrons. The number of nitrogen functional groups attached to an aromatic ring is 1. The molecule has 1 heterocycles. The number of hydrogen-bond acceptors (Lipinski definition) is 4. The van der Waals surface area contributed by atoms with Crippen LogP contribution in [-0.4, -0.2) is 14.9 Å². The Bertz CT molecular complexity index is 533. The van der Waals surface area contributed by atoms with Crippen molar-refractivity contribution in [2.75, 3.05) is 5.84 Å². The molecule has 2 rings (SSSR count). The third-order valence-electron chi connectivity index (χ3n) is 1.96. The summed E-state index contributed by atoms with van der Waals surface area (Å²) < 4.78 is 19.5. The monoisotopic (exact) mass is 240 g/mol. The molecule has 16 heavy (non-hydrogen) atoms. The number of nitrogens with two attached hydrogens (primary N) is 1. The van der Waals surface area contributed by atoms with Crippen molar-refractivity contribution in [1.82, 2.24) is 14.9 Å². The maximum atomic E-state index is 12.6. The topological polar surface area (TPSA) is 68.9 Å². The van der Waals surface area contributed by atoms with E-state index in [1.54, 1.807) is 0 Å². The van der Waals surface area contributed by atoms with Gasteiger partial charge < -0.3 is 10.6 Å². The van der Waals surface area contributed by atoms with Gasteiger partial charge in [-0.2, -0.15) is 5.10 Å². The Balaban J connectivity index is 2.05. The summed E-state index contributed by atoms with van der Waals surface area (Å²) in [5, 5.41) is 6.40. The molecular formula is C9H9FN4OS. The van der Waals surface area contributed by atoms with Gasteiger partial charge in [-0.25, -0.2) is 9.07 Å². The largest absolute Gasteiger partial charge is 0.486 e. The van der Waals surface area contributed by atoms with Gasteiger partial charge in [-0.15, -0.1) is 0 Å². The summed E-state index contributed by atoms with van der Waals surface area (Å²) in [6.07, 6.45) is 0. The van der Waals surface area contributed by atoms with Crippen LogP contribution in [0.1, 0.15) is 5.82 Å². The second-order valence-electron chi connectivity index (χ2n) is 3.06. The average Bonchev–Trinajstić information content (AvgIpc) is 2.60. The van der Waals surface area contributed by atoms with E-state index in [0.717, 1.165) is 0 Å². The zero-order valence-corrected chi connectivity index (χ0v) is 9.00. The highest BCUT2D eigenvalue weighted by molar-refractivity contribution is 7.71. The first kappa shape index (κ1) is 10.6. The summed E-state index contributed by atoms with van der Waals surface area (Å²) in [6.45, 7) is 0.162. The van der Waals surface area contributed by atoms with E-state index in [1.165, 1.54) is 28.9 Å². The molecule has 0 unspecified atom stereocenters. The number of aromatic nitrogens is 3. The minimum atomic E-state index is -0.311. The lowest BCUT2D eigenvalue weighted by Crippen LogP contribution is -2.14. The van der Waals surface area contributed by atoms with Crippen LogP contribution in [0.25, 0.3) is 0 Å². The summed E-state index contributed by atoms with van der Waals surface area (Å²) in [4.78, 5) is 0. The molecule has 0 fully saturated rings. The number of rotatable bonds is 3. The number of aromatic amines is 1. The van der Waals surface area contributed by atoms with E-state index in [1.807, 2.05) is 0 Å². The number of nitrogens with one attached hydrogen (secondary N) is 1. The minimum absolute atomic E-state index is 0.162. The molecular weight excluding hydrogens is 231 g/mol. The Hall–Kier alpha value is -1.89. The molecule has 0 saturated carbocycles. The number of nitrogens with zero attached hydrogens (tertiary/aromatic N) is 2. The first-order valence-corrected chi connectivity index (χ1v) is 4.87. The quantitative estimate of drug-likeness (QED) is 0.628. The number of benzene rings is 1. The molecule has 0 bridgehead atoms. The van der Waals surface area contributed by atoms with Crippen LogP contribution in [0.15, 0.2) is 24.3 Å². The van der Waals surface area contributed by atoms with E-state index < -0.39 is 0 Å². The second kappa shape index (κ2) is 4.31. The van der Waals surface area contributed by atoms with Crippen molar-refractivity contribution in [2.24, 2.45) is 0 Å². The van der Waals surface area contributed by atoms with Gasteiger partial charge in [0.25, 0.3) is 0 Å². The van der Waals surface area contributed by atoms with Crippen LogP contribution in [0.2, 0.25) is 0 Å². The van der Waals surface area contributed by atoms with Crippen molar-refractivity contribution in [3.63, 3.8) is 0 Å². The molecule has 5 nitrogen and oxygen atoms in total. The SMILES string of the molecule is Nn1c(COc2ccc(F)cc2)n[nH]c1=S. The van der Waals surface area contributed by atoms with Crippen molar-refractivity contribution in [1.29, 1.82) is 0 Å². The number of H-pyrrole nitrogens is 1. The molecule has 0 amide bonds. The van der Waals surface area contributed by atoms with Gasteiger partial charge in [0.05, 0.1) is 0 Å². The van der Waals surface area contributed by atoms with Gasteiger partial charge in [0, 0.05) is 0 Å². The Kier molecular flexibility index (Phi) is 2.86. The van der Waals surface area contributed by atoms with Crippen molar-refractivity contribution in [3.05, 3.63) is 40.7 Å². The van der Waals surface area contributed by atoms with Crippen LogP contribution in [-0.2, 0) is 6.61 Å². The molecule has 0 saturated heterocycles. The lowest BCUT2D eigenvalue weighted by molar-refractivity contribution is 0.292. The normalized spacial score (nSPS) is 10.3. The fraction of sp³-hybridized carbons (Fsp3) is 0.111. The average molecular weight is 240 g/mol. The highest BCUT2D eigenvalue weighted by atomic mass is 32.1. The molecule has 84 valence electrons. The molecule has 3 N–H and O–H groups in total. The Morgan fingerprint density at radius 1 is 1.44 bits per heavy atom. The van der Waals surface area contributed by atoms with Gasteiger partial charge in [-0.1, -0.05) is 0 Å². The molecule has 0 aliphatic heterocycles. The van der Waals surface area contributed by atoms with Crippen LogP contribution >= 0.6 is 12.2 Å². The number of halogens is 1. The number of ether oxygens (including phenoxy) is 1. The van der Waals surface area contributed by atoms with Crippen molar-refractivity contribution >= 4 is 12.2 Å². The lowest BCUT2D eigenvalue weighted by Gasteiger charge is -2.04. The van der Waals surface area contributed by atoms with E-state index in [-0.39, 0.29) is 12.4 Å². The highest BCUT2D eigenvalue weighted by Gasteiger charge is 2.03. The van der Waals surface area contributed by atoms with Crippen molar-refractivity contribution in [2.45, 2.75) is 6.61 Å². The fourth-order valence-corrected chi connectivity index (χ4v) is 1.27. The van der Waals surface area contributed by atoms with Crippen molar-refractivity contribution < 1.29 is 9.13 Å². The summed E-state index contributed by atoms with van der Waals surface area (Å²) in [7, 11) is 0. The predicted molar refractivity (Wildman–Crippen MR) is 58.3 cm³/mol. The van der Waals surface area contributed by atoms with Gasteiger partial charge in [-0.05, 0) is 36.5 Å². The van der Waals surface area contributed by atoms with E-state index >= 15 is 0 Å². The summed E-state index contributed by atoms with van der Waals surface area (Å²) in [6, 6.07) is 5.68. The maximum absolute atomic E-state index is 12.6. The van der Waals surface area contributed by atoms with E-state index in [9.17, 15) is 4.39 Å². The van der Waals surface area contributed by atoms with Crippen LogP contribution in [0, 0.1) is 10.6 Å². The zero-order chi connectivity index (χ0) is 11.5. The smallest absolute Gasteiger partial charge is 0.214 e. The first-order valence-electron chi connectivity index (χ1n) is 4.46.